The minimum atomic E-state index is -0.681. The Balaban J connectivity index is 1.60. The van der Waals surface area contributed by atoms with E-state index in [1.54, 1.807) is 40.1 Å². The maximum atomic E-state index is 13.5. The molecule has 226 valence electrons. The number of halogens is 2. The van der Waals surface area contributed by atoms with E-state index in [-0.39, 0.29) is 47.2 Å². The van der Waals surface area contributed by atoms with Gasteiger partial charge in [-0.3, -0.25) is 14.6 Å². The number of aromatic nitrogens is 2. The summed E-state index contributed by atoms with van der Waals surface area (Å²) in [5.74, 6) is 0.764. The molecule has 2 atom stereocenters. The standard InChI is InChI=1S/C27H33Cl2N7O6/c1-8-19(37)31-15-12-35(26(39)42-27(2,3)4)13-16(15)32-24-30-10-14-11-36(25(38)34(5)23(14)33-24)22-20(28)17(40-6)9-18(41-7)21(22)29/h8-10,15-16H,1,11-13H2,2-7H3,(H,31,37)(H,30,32,33). The van der Waals surface area contributed by atoms with Gasteiger partial charge in [0.05, 0.1) is 38.5 Å². The first-order chi connectivity index (χ1) is 19.8. The van der Waals surface area contributed by atoms with Gasteiger partial charge in [0, 0.05) is 38.0 Å². The average Bonchev–Trinajstić information content (AvgIpc) is 3.33. The fraction of sp³-hybridized carbons (Fsp3) is 0.444. The van der Waals surface area contributed by atoms with Crippen molar-refractivity contribution in [2.75, 3.05) is 49.5 Å². The first kappa shape index (κ1) is 31.0. The normalized spacial score (nSPS) is 18.4. The summed E-state index contributed by atoms with van der Waals surface area (Å²) in [5, 5.41) is 6.33. The van der Waals surface area contributed by atoms with E-state index in [1.807, 2.05) is 0 Å². The molecule has 2 aliphatic heterocycles. The van der Waals surface area contributed by atoms with Gasteiger partial charge in [0.1, 0.15) is 33.0 Å². The van der Waals surface area contributed by atoms with Crippen LogP contribution < -0.4 is 29.9 Å². The van der Waals surface area contributed by atoms with Crippen molar-refractivity contribution >= 4 is 58.7 Å². The van der Waals surface area contributed by atoms with Crippen LogP contribution in [0.2, 0.25) is 10.0 Å². The van der Waals surface area contributed by atoms with E-state index in [4.69, 9.17) is 37.4 Å². The van der Waals surface area contributed by atoms with Crippen LogP contribution in [-0.2, 0) is 16.1 Å². The molecule has 2 aromatic rings. The third-order valence-corrected chi connectivity index (χ3v) is 7.36. The maximum absolute atomic E-state index is 13.5. The zero-order valence-electron chi connectivity index (χ0n) is 24.2. The van der Waals surface area contributed by atoms with Crippen LogP contribution in [0, 0.1) is 0 Å². The van der Waals surface area contributed by atoms with Gasteiger partial charge in [-0.25, -0.2) is 14.6 Å². The number of fused-ring (bicyclic) bond motifs is 1. The number of benzene rings is 1. The van der Waals surface area contributed by atoms with Crippen LogP contribution in [0.4, 0.5) is 27.0 Å². The van der Waals surface area contributed by atoms with Crippen molar-refractivity contribution in [3.05, 3.63) is 40.5 Å². The number of nitrogens with one attached hydrogen (secondary N) is 2. The molecule has 3 heterocycles. The Bertz CT molecular complexity index is 1390. The van der Waals surface area contributed by atoms with Crippen LogP contribution in [0.3, 0.4) is 0 Å². The molecular formula is C27H33Cl2N7O6. The summed E-state index contributed by atoms with van der Waals surface area (Å²) in [5.41, 5.74) is 0.169. The summed E-state index contributed by atoms with van der Waals surface area (Å²) in [6, 6.07) is 0.158. The number of hydrogen-bond donors (Lipinski definition) is 2. The van der Waals surface area contributed by atoms with Gasteiger partial charge in [0.25, 0.3) is 0 Å². The zero-order chi connectivity index (χ0) is 30.9. The number of nitrogens with zero attached hydrogens (tertiary/aromatic N) is 5. The largest absolute Gasteiger partial charge is 0.495 e. The quantitative estimate of drug-likeness (QED) is 0.438. The van der Waals surface area contributed by atoms with Crippen LogP contribution in [0.25, 0.3) is 0 Å². The SMILES string of the molecule is C=CC(=O)NC1CN(C(=O)OC(C)(C)C)CC1Nc1ncc2c(n1)N(C)C(=O)N(c1c(Cl)c(OC)cc(OC)c1Cl)C2. The topological polar surface area (TPSA) is 138 Å². The smallest absolute Gasteiger partial charge is 0.410 e. The molecule has 4 amide bonds. The number of amides is 4. The van der Waals surface area contributed by atoms with Crippen molar-refractivity contribution in [2.24, 2.45) is 0 Å². The number of carbonyl (C=O) groups excluding carboxylic acids is 3. The van der Waals surface area contributed by atoms with Crippen LogP contribution >= 0.6 is 23.2 Å². The number of urea groups is 1. The maximum Gasteiger partial charge on any atom is 0.410 e. The highest BCUT2D eigenvalue weighted by atomic mass is 35.5. The van der Waals surface area contributed by atoms with Crippen LogP contribution in [0.1, 0.15) is 26.3 Å². The lowest BCUT2D eigenvalue weighted by molar-refractivity contribution is -0.117. The summed E-state index contributed by atoms with van der Waals surface area (Å²) < 4.78 is 16.2. The molecule has 0 spiro atoms. The Morgan fingerprint density at radius 3 is 2.31 bits per heavy atom. The predicted octanol–water partition coefficient (Wildman–Crippen LogP) is 4.08. The van der Waals surface area contributed by atoms with Gasteiger partial charge in [0.2, 0.25) is 11.9 Å². The molecule has 42 heavy (non-hydrogen) atoms. The van der Waals surface area contributed by atoms with E-state index in [9.17, 15) is 14.4 Å². The second-order valence-electron chi connectivity index (χ2n) is 10.7. The molecule has 2 unspecified atom stereocenters. The Morgan fingerprint density at radius 2 is 1.74 bits per heavy atom. The van der Waals surface area contributed by atoms with Crippen molar-refractivity contribution in [3.8, 4) is 11.5 Å². The molecule has 2 aliphatic rings. The van der Waals surface area contributed by atoms with E-state index < -0.39 is 29.8 Å². The van der Waals surface area contributed by atoms with Gasteiger partial charge in [0.15, 0.2) is 0 Å². The lowest BCUT2D eigenvalue weighted by Gasteiger charge is -2.35. The van der Waals surface area contributed by atoms with Gasteiger partial charge in [-0.15, -0.1) is 0 Å². The van der Waals surface area contributed by atoms with Crippen molar-refractivity contribution < 1.29 is 28.6 Å². The fourth-order valence-electron chi connectivity index (χ4n) is 4.64. The number of hydrogen-bond acceptors (Lipinski definition) is 9. The summed E-state index contributed by atoms with van der Waals surface area (Å²) in [4.78, 5) is 51.7. The highest BCUT2D eigenvalue weighted by molar-refractivity contribution is 6.42. The number of methoxy groups -OCH3 is 2. The van der Waals surface area contributed by atoms with E-state index in [1.165, 1.54) is 28.9 Å². The molecular weight excluding hydrogens is 589 g/mol. The molecule has 4 rings (SSSR count). The second-order valence-corrected chi connectivity index (χ2v) is 11.4. The van der Waals surface area contributed by atoms with E-state index >= 15 is 0 Å². The first-order valence-corrected chi connectivity index (χ1v) is 13.7. The Labute approximate surface area is 253 Å². The van der Waals surface area contributed by atoms with Crippen molar-refractivity contribution in [3.63, 3.8) is 0 Å². The van der Waals surface area contributed by atoms with Gasteiger partial charge >= 0.3 is 12.1 Å². The van der Waals surface area contributed by atoms with E-state index in [0.717, 1.165) is 6.08 Å². The number of carbonyl (C=O) groups is 3. The Morgan fingerprint density at radius 1 is 1.12 bits per heavy atom. The van der Waals surface area contributed by atoms with E-state index in [2.05, 4.69) is 27.2 Å². The third kappa shape index (κ3) is 6.26. The summed E-state index contributed by atoms with van der Waals surface area (Å²) in [6.45, 7) is 9.33. The van der Waals surface area contributed by atoms with Crippen LogP contribution in [-0.4, -0.2) is 84.9 Å². The fourth-order valence-corrected chi connectivity index (χ4v) is 5.35. The molecule has 1 saturated heterocycles. The molecule has 13 nitrogen and oxygen atoms in total. The minimum absolute atomic E-state index is 0.0718. The highest BCUT2D eigenvalue weighted by Gasteiger charge is 2.39. The van der Waals surface area contributed by atoms with Crippen molar-refractivity contribution in [2.45, 2.75) is 45.0 Å². The molecule has 1 aromatic heterocycles. The Hall–Kier alpha value is -3.97. The Kier molecular flexibility index (Phi) is 8.92. The molecule has 1 fully saturated rings. The molecule has 2 N–H and O–H groups in total. The number of likely N-dealkylation sites (tertiary alicyclic amines) is 1. The monoisotopic (exact) mass is 621 g/mol. The summed E-state index contributed by atoms with van der Waals surface area (Å²) in [7, 11) is 4.46. The van der Waals surface area contributed by atoms with Gasteiger partial charge < -0.3 is 29.7 Å². The molecule has 1 aromatic carbocycles. The third-order valence-electron chi connectivity index (χ3n) is 6.63. The number of anilines is 3. The molecule has 0 bridgehead atoms. The molecule has 15 heteroatoms. The highest BCUT2D eigenvalue weighted by Crippen LogP contribution is 2.47. The molecule has 0 saturated carbocycles. The van der Waals surface area contributed by atoms with E-state index in [0.29, 0.717) is 22.9 Å². The zero-order valence-corrected chi connectivity index (χ0v) is 25.7. The second kappa shape index (κ2) is 12.1. The van der Waals surface area contributed by atoms with Gasteiger partial charge in [-0.2, -0.15) is 4.98 Å². The minimum Gasteiger partial charge on any atom is -0.495 e. The summed E-state index contributed by atoms with van der Waals surface area (Å²) >= 11 is 13.1. The van der Waals surface area contributed by atoms with Crippen LogP contribution in [0.5, 0.6) is 11.5 Å². The first-order valence-electron chi connectivity index (χ1n) is 13.0. The average molecular weight is 623 g/mol. The molecule has 0 aliphatic carbocycles. The number of rotatable bonds is 7. The van der Waals surface area contributed by atoms with Gasteiger partial charge in [-0.1, -0.05) is 29.8 Å². The lowest BCUT2D eigenvalue weighted by atomic mass is 10.1. The predicted molar refractivity (Wildman–Crippen MR) is 159 cm³/mol. The number of ether oxygens (including phenoxy) is 3. The summed E-state index contributed by atoms with van der Waals surface area (Å²) in [6.07, 6.45) is 2.23. The van der Waals surface area contributed by atoms with Crippen LogP contribution in [0.15, 0.2) is 24.9 Å². The molecule has 0 radical (unpaired) electrons. The van der Waals surface area contributed by atoms with Gasteiger partial charge in [-0.05, 0) is 26.8 Å². The van der Waals surface area contributed by atoms with Crippen molar-refractivity contribution in [1.82, 2.24) is 20.2 Å². The van der Waals surface area contributed by atoms with Crippen molar-refractivity contribution in [1.29, 1.82) is 0 Å². The lowest BCUT2D eigenvalue weighted by Crippen LogP contribution is -2.47.